The van der Waals surface area contributed by atoms with Crippen LogP contribution in [0.2, 0.25) is 0 Å². The smallest absolute Gasteiger partial charge is 0.135 e. The molecule has 0 amide bonds. The fourth-order valence-electron chi connectivity index (χ4n) is 9.00. The SMILES string of the molecule is CC1(C)c2ccccc2-c2c(N(c3ccc(-c4cccc5c4c4cnccc4n5-c4ccccc4)cc3)c3ccc4oc5ccccc5c4c3)cccc21. The molecule has 4 heteroatoms. The van der Waals surface area contributed by atoms with Crippen molar-refractivity contribution in [2.45, 2.75) is 19.3 Å². The summed E-state index contributed by atoms with van der Waals surface area (Å²) in [7, 11) is 0. The largest absolute Gasteiger partial charge is 0.456 e. The summed E-state index contributed by atoms with van der Waals surface area (Å²) in [6.07, 6.45) is 3.88. The zero-order valence-electron chi connectivity index (χ0n) is 30.0. The van der Waals surface area contributed by atoms with Crippen LogP contribution in [0.15, 0.2) is 181 Å². The molecular formula is C50H35N3O. The zero-order chi connectivity index (χ0) is 36.0. The van der Waals surface area contributed by atoms with Gasteiger partial charge in [0.2, 0.25) is 0 Å². The van der Waals surface area contributed by atoms with Crippen molar-refractivity contribution in [1.29, 1.82) is 0 Å². The molecule has 1 aliphatic rings. The van der Waals surface area contributed by atoms with Crippen molar-refractivity contribution in [2.75, 3.05) is 4.90 Å². The minimum absolute atomic E-state index is 0.116. The summed E-state index contributed by atoms with van der Waals surface area (Å²) >= 11 is 0. The first kappa shape index (κ1) is 30.7. The molecule has 4 nitrogen and oxygen atoms in total. The highest BCUT2D eigenvalue weighted by Crippen LogP contribution is 2.54. The van der Waals surface area contributed by atoms with Gasteiger partial charge in [0.25, 0.3) is 0 Å². The summed E-state index contributed by atoms with van der Waals surface area (Å²) < 4.78 is 8.63. The second-order valence-electron chi connectivity index (χ2n) is 14.8. The summed E-state index contributed by atoms with van der Waals surface area (Å²) in [4.78, 5) is 7.00. The number of fused-ring (bicyclic) bond motifs is 9. The number of hydrogen-bond donors (Lipinski definition) is 0. The van der Waals surface area contributed by atoms with E-state index in [1.807, 2.05) is 24.5 Å². The van der Waals surface area contributed by atoms with E-state index in [1.54, 1.807) is 0 Å². The maximum Gasteiger partial charge on any atom is 0.135 e. The van der Waals surface area contributed by atoms with E-state index in [0.29, 0.717) is 0 Å². The highest BCUT2D eigenvalue weighted by atomic mass is 16.3. The quantitative estimate of drug-likeness (QED) is 0.180. The molecule has 0 radical (unpaired) electrons. The first-order valence-corrected chi connectivity index (χ1v) is 18.5. The van der Waals surface area contributed by atoms with E-state index in [4.69, 9.17) is 4.42 Å². The molecule has 0 aliphatic heterocycles. The molecular weight excluding hydrogens is 659 g/mol. The lowest BCUT2D eigenvalue weighted by molar-refractivity contribution is 0.660. The van der Waals surface area contributed by atoms with E-state index >= 15 is 0 Å². The Kier molecular flexibility index (Phi) is 6.56. The molecule has 0 N–H and O–H groups in total. The predicted octanol–water partition coefficient (Wildman–Crippen LogP) is 13.5. The Hall–Kier alpha value is -6.91. The summed E-state index contributed by atoms with van der Waals surface area (Å²) in [5, 5.41) is 4.56. The topological polar surface area (TPSA) is 34.2 Å². The minimum Gasteiger partial charge on any atom is -0.456 e. The number of hydrogen-bond acceptors (Lipinski definition) is 3. The summed E-state index contributed by atoms with van der Waals surface area (Å²) in [6.45, 7) is 4.68. The van der Waals surface area contributed by atoms with Crippen LogP contribution >= 0.6 is 0 Å². The fourth-order valence-corrected chi connectivity index (χ4v) is 9.00. The summed E-state index contributed by atoms with van der Waals surface area (Å²) in [6, 6.07) is 59.0. The minimum atomic E-state index is -0.116. The van der Waals surface area contributed by atoms with Crippen LogP contribution in [0.4, 0.5) is 17.1 Å². The van der Waals surface area contributed by atoms with E-state index in [9.17, 15) is 0 Å². The number of nitrogens with zero attached hydrogens (tertiary/aromatic N) is 3. The van der Waals surface area contributed by atoms with Gasteiger partial charge in [-0.2, -0.15) is 0 Å². The highest BCUT2D eigenvalue weighted by Gasteiger charge is 2.37. The fraction of sp³-hybridized carbons (Fsp3) is 0.0600. The Morgan fingerprint density at radius 3 is 2.17 bits per heavy atom. The van der Waals surface area contributed by atoms with Crippen LogP contribution in [0, 0.1) is 0 Å². The van der Waals surface area contributed by atoms with Crippen molar-refractivity contribution in [3.63, 3.8) is 0 Å². The third kappa shape index (κ3) is 4.40. The van der Waals surface area contributed by atoms with E-state index in [2.05, 4.69) is 180 Å². The normalized spacial score (nSPS) is 13.1. The van der Waals surface area contributed by atoms with Gasteiger partial charge in [-0.15, -0.1) is 0 Å². The summed E-state index contributed by atoms with van der Waals surface area (Å²) in [5.74, 6) is 0. The van der Waals surface area contributed by atoms with Crippen LogP contribution in [0.3, 0.4) is 0 Å². The van der Waals surface area contributed by atoms with Gasteiger partial charge in [-0.3, -0.25) is 4.98 Å². The van der Waals surface area contributed by atoms with Crippen molar-refractivity contribution < 1.29 is 4.42 Å². The van der Waals surface area contributed by atoms with Gasteiger partial charge in [0.15, 0.2) is 0 Å². The molecule has 0 fully saturated rings. The molecule has 3 aromatic heterocycles. The van der Waals surface area contributed by atoms with Gasteiger partial charge in [-0.25, -0.2) is 0 Å². The molecule has 7 aromatic carbocycles. The highest BCUT2D eigenvalue weighted by molar-refractivity contribution is 6.15. The van der Waals surface area contributed by atoms with Crippen molar-refractivity contribution in [2.24, 2.45) is 0 Å². The molecule has 3 heterocycles. The number of benzene rings is 7. The van der Waals surface area contributed by atoms with Gasteiger partial charge in [0, 0.05) is 62.0 Å². The number of rotatable bonds is 5. The van der Waals surface area contributed by atoms with Crippen LogP contribution in [-0.2, 0) is 5.41 Å². The van der Waals surface area contributed by atoms with Crippen LogP contribution < -0.4 is 4.90 Å². The van der Waals surface area contributed by atoms with Gasteiger partial charge in [-0.05, 0) is 94.5 Å². The Morgan fingerprint density at radius 2 is 1.28 bits per heavy atom. The molecule has 256 valence electrons. The lowest BCUT2D eigenvalue weighted by atomic mass is 9.82. The van der Waals surface area contributed by atoms with E-state index < -0.39 is 0 Å². The van der Waals surface area contributed by atoms with Gasteiger partial charge < -0.3 is 13.9 Å². The van der Waals surface area contributed by atoms with Crippen molar-refractivity contribution in [1.82, 2.24) is 9.55 Å². The van der Waals surface area contributed by atoms with Gasteiger partial charge >= 0.3 is 0 Å². The van der Waals surface area contributed by atoms with Crippen molar-refractivity contribution in [3.8, 4) is 27.9 Å². The molecule has 1 aliphatic carbocycles. The second-order valence-corrected chi connectivity index (χ2v) is 14.8. The number of pyridine rings is 1. The first-order chi connectivity index (χ1) is 26.6. The van der Waals surface area contributed by atoms with E-state index in [-0.39, 0.29) is 5.41 Å². The van der Waals surface area contributed by atoms with Gasteiger partial charge in [-0.1, -0.05) is 111 Å². The number of aromatic nitrogens is 2. The number of anilines is 3. The van der Waals surface area contributed by atoms with Crippen LogP contribution in [-0.4, -0.2) is 9.55 Å². The average Bonchev–Trinajstić information content (AvgIpc) is 3.84. The molecule has 10 aromatic rings. The average molecular weight is 694 g/mol. The lowest BCUT2D eigenvalue weighted by Crippen LogP contribution is -2.16. The Morgan fingerprint density at radius 1 is 0.556 bits per heavy atom. The van der Waals surface area contributed by atoms with Gasteiger partial charge in [0.1, 0.15) is 11.2 Å². The summed E-state index contributed by atoms with van der Waals surface area (Å²) in [5.41, 5.74) is 16.0. The molecule has 0 spiro atoms. The maximum atomic E-state index is 6.28. The van der Waals surface area contributed by atoms with Gasteiger partial charge in [0.05, 0.1) is 16.7 Å². The zero-order valence-corrected chi connectivity index (χ0v) is 30.0. The lowest BCUT2D eigenvalue weighted by Gasteiger charge is -2.29. The van der Waals surface area contributed by atoms with Crippen molar-refractivity contribution in [3.05, 3.63) is 187 Å². The molecule has 0 unspecified atom stereocenters. The standard InChI is InChI=1S/C50H35N3O/c1-50(2)41-17-8-6-15-38(41)49-42(50)18-11-20-45(49)52(35-26-27-47-39(30-35)37-14-7-9-21-46(37)54-47)34-24-22-32(23-25-34)36-16-10-19-44-48(36)40-31-51-29-28-43(40)53(44)33-12-4-3-5-13-33/h3-31H,1-2H3. The molecule has 0 bridgehead atoms. The monoisotopic (exact) mass is 693 g/mol. The predicted molar refractivity (Wildman–Crippen MR) is 224 cm³/mol. The Balaban J connectivity index is 1.12. The number of furan rings is 1. The third-order valence-corrected chi connectivity index (χ3v) is 11.5. The Labute approximate surface area is 313 Å². The first-order valence-electron chi connectivity index (χ1n) is 18.5. The molecule has 0 saturated carbocycles. The van der Waals surface area contributed by atoms with Crippen LogP contribution in [0.25, 0.3) is 71.7 Å². The molecule has 54 heavy (non-hydrogen) atoms. The van der Waals surface area contributed by atoms with E-state index in [1.165, 1.54) is 33.2 Å². The second kappa shape index (κ2) is 11.5. The molecule has 11 rings (SSSR count). The van der Waals surface area contributed by atoms with E-state index in [0.717, 1.165) is 66.7 Å². The molecule has 0 atom stereocenters. The number of para-hydroxylation sites is 2. The van der Waals surface area contributed by atoms with Crippen molar-refractivity contribution >= 4 is 60.8 Å². The van der Waals surface area contributed by atoms with Crippen LogP contribution in [0.1, 0.15) is 25.0 Å². The maximum absolute atomic E-state index is 6.28. The third-order valence-electron chi connectivity index (χ3n) is 11.5. The van der Waals surface area contributed by atoms with Crippen LogP contribution in [0.5, 0.6) is 0 Å². The Bertz CT molecular complexity index is 3080. The molecule has 0 saturated heterocycles.